The summed E-state index contributed by atoms with van der Waals surface area (Å²) in [7, 11) is 1.56. The fraction of sp³-hybridized carbons (Fsp3) is 0.500. The Kier molecular flexibility index (Phi) is 4.14. The van der Waals surface area contributed by atoms with Crippen LogP contribution in [-0.2, 0) is 0 Å². The van der Waals surface area contributed by atoms with Gasteiger partial charge in [-0.15, -0.1) is 0 Å². The molecule has 1 fully saturated rings. The van der Waals surface area contributed by atoms with E-state index in [1.54, 1.807) is 7.05 Å². The highest BCUT2D eigenvalue weighted by Gasteiger charge is 2.30. The van der Waals surface area contributed by atoms with E-state index < -0.39 is 23.6 Å². The molecule has 5 heteroatoms. The highest BCUT2D eigenvalue weighted by Crippen LogP contribution is 2.23. The molecule has 1 aliphatic carbocycles. The summed E-state index contributed by atoms with van der Waals surface area (Å²) in [5.74, 6) is -2.02. The molecule has 0 spiro atoms. The third kappa shape index (κ3) is 3.10. The number of nitrogens with zero attached hydrogens (tertiary/aromatic N) is 1. The molecule has 1 saturated carbocycles. The number of halogens is 2. The van der Waals surface area contributed by atoms with Gasteiger partial charge in [-0.25, -0.2) is 8.78 Å². The molecule has 0 heterocycles. The lowest BCUT2D eigenvalue weighted by atomic mass is 9.91. The minimum Gasteiger partial charge on any atom is -0.391 e. The number of aliphatic hydroxyl groups excluding tert-OH is 1. The van der Waals surface area contributed by atoms with Gasteiger partial charge < -0.3 is 10.0 Å². The Hall–Kier alpha value is -1.49. The summed E-state index contributed by atoms with van der Waals surface area (Å²) in [6.45, 7) is 0. The molecular formula is C14H17F2NO2. The number of carbonyl (C=O) groups excluding carboxylic acids is 1. The maximum Gasteiger partial charge on any atom is 0.254 e. The van der Waals surface area contributed by atoms with Gasteiger partial charge in [0.15, 0.2) is 0 Å². The van der Waals surface area contributed by atoms with Gasteiger partial charge in [0.2, 0.25) is 0 Å². The SMILES string of the molecule is CN(C(=O)c1cc(F)cc(F)c1)C1CCCCC1O. The number of amides is 1. The zero-order chi connectivity index (χ0) is 14.0. The largest absolute Gasteiger partial charge is 0.391 e. The molecule has 0 aromatic heterocycles. The van der Waals surface area contributed by atoms with Gasteiger partial charge in [0.25, 0.3) is 5.91 Å². The second-order valence-corrected chi connectivity index (χ2v) is 4.99. The van der Waals surface area contributed by atoms with Crippen LogP contribution >= 0.6 is 0 Å². The van der Waals surface area contributed by atoms with Crippen LogP contribution < -0.4 is 0 Å². The fourth-order valence-corrected chi connectivity index (χ4v) is 2.58. The second kappa shape index (κ2) is 5.65. The fourth-order valence-electron chi connectivity index (χ4n) is 2.58. The zero-order valence-corrected chi connectivity index (χ0v) is 10.8. The van der Waals surface area contributed by atoms with Crippen molar-refractivity contribution in [3.05, 3.63) is 35.4 Å². The van der Waals surface area contributed by atoms with Gasteiger partial charge in [-0.3, -0.25) is 4.79 Å². The minimum atomic E-state index is -0.777. The number of rotatable bonds is 2. The van der Waals surface area contributed by atoms with Crippen molar-refractivity contribution >= 4 is 5.91 Å². The smallest absolute Gasteiger partial charge is 0.254 e. The summed E-state index contributed by atoms with van der Waals surface area (Å²) in [6.07, 6.45) is 2.67. The van der Waals surface area contributed by atoms with Gasteiger partial charge in [0, 0.05) is 18.7 Å². The van der Waals surface area contributed by atoms with E-state index in [-0.39, 0.29) is 11.6 Å². The van der Waals surface area contributed by atoms with E-state index in [4.69, 9.17) is 0 Å². The molecule has 2 unspecified atom stereocenters. The Labute approximate surface area is 110 Å². The van der Waals surface area contributed by atoms with E-state index in [0.717, 1.165) is 31.0 Å². The first kappa shape index (κ1) is 13.9. The molecule has 2 rings (SSSR count). The highest BCUT2D eigenvalue weighted by molar-refractivity contribution is 5.94. The number of carbonyl (C=O) groups is 1. The molecular weight excluding hydrogens is 252 g/mol. The van der Waals surface area contributed by atoms with Gasteiger partial charge in [0.05, 0.1) is 12.1 Å². The van der Waals surface area contributed by atoms with E-state index >= 15 is 0 Å². The van der Waals surface area contributed by atoms with Crippen molar-refractivity contribution in [2.24, 2.45) is 0 Å². The first-order valence-corrected chi connectivity index (χ1v) is 6.40. The molecule has 1 aliphatic rings. The molecule has 0 saturated heterocycles. The van der Waals surface area contributed by atoms with Crippen LogP contribution in [-0.4, -0.2) is 35.1 Å². The quantitative estimate of drug-likeness (QED) is 0.895. The van der Waals surface area contributed by atoms with Crippen LogP contribution in [0.15, 0.2) is 18.2 Å². The Morgan fingerprint density at radius 1 is 1.21 bits per heavy atom. The lowest BCUT2D eigenvalue weighted by Gasteiger charge is -2.35. The lowest BCUT2D eigenvalue weighted by Crippen LogP contribution is -2.46. The predicted molar refractivity (Wildman–Crippen MR) is 66.7 cm³/mol. The predicted octanol–water partition coefficient (Wildman–Crippen LogP) is 2.34. The summed E-state index contributed by atoms with van der Waals surface area (Å²) < 4.78 is 26.2. The van der Waals surface area contributed by atoms with Crippen molar-refractivity contribution in [1.29, 1.82) is 0 Å². The van der Waals surface area contributed by atoms with Crippen LogP contribution in [0.2, 0.25) is 0 Å². The summed E-state index contributed by atoms with van der Waals surface area (Å²) in [6, 6.07) is 2.47. The van der Waals surface area contributed by atoms with Crippen molar-refractivity contribution in [2.45, 2.75) is 37.8 Å². The molecule has 19 heavy (non-hydrogen) atoms. The Morgan fingerprint density at radius 2 is 1.79 bits per heavy atom. The summed E-state index contributed by atoms with van der Waals surface area (Å²) in [5.41, 5.74) is -0.0298. The molecule has 1 aromatic rings. The van der Waals surface area contributed by atoms with Crippen LogP contribution in [0.25, 0.3) is 0 Å². The third-order valence-electron chi connectivity index (χ3n) is 3.62. The monoisotopic (exact) mass is 269 g/mol. The van der Waals surface area contributed by atoms with Crippen LogP contribution in [0.5, 0.6) is 0 Å². The number of aliphatic hydroxyl groups is 1. The number of hydrogen-bond donors (Lipinski definition) is 1. The Morgan fingerprint density at radius 3 is 2.37 bits per heavy atom. The van der Waals surface area contributed by atoms with Crippen molar-refractivity contribution in [3.63, 3.8) is 0 Å². The van der Waals surface area contributed by atoms with Gasteiger partial charge in [-0.05, 0) is 25.0 Å². The lowest BCUT2D eigenvalue weighted by molar-refractivity contribution is 0.0267. The third-order valence-corrected chi connectivity index (χ3v) is 3.62. The maximum absolute atomic E-state index is 13.1. The number of likely N-dealkylation sites (N-methyl/N-ethyl adjacent to an activating group) is 1. The van der Waals surface area contributed by atoms with E-state index in [1.807, 2.05) is 0 Å². The normalized spacial score (nSPS) is 23.2. The van der Waals surface area contributed by atoms with Gasteiger partial charge in [0.1, 0.15) is 11.6 Å². The Balaban J connectivity index is 2.18. The minimum absolute atomic E-state index is 0.0298. The molecule has 3 nitrogen and oxygen atoms in total. The Bertz CT molecular complexity index is 458. The van der Waals surface area contributed by atoms with Gasteiger partial charge >= 0.3 is 0 Å². The van der Waals surface area contributed by atoms with Crippen LogP contribution in [0.1, 0.15) is 36.0 Å². The maximum atomic E-state index is 13.1. The van der Waals surface area contributed by atoms with Crippen molar-refractivity contribution in [1.82, 2.24) is 4.90 Å². The average Bonchev–Trinajstić information content (AvgIpc) is 2.36. The summed E-state index contributed by atoms with van der Waals surface area (Å²) >= 11 is 0. The zero-order valence-electron chi connectivity index (χ0n) is 10.8. The highest BCUT2D eigenvalue weighted by atomic mass is 19.1. The molecule has 104 valence electrons. The molecule has 1 aromatic carbocycles. The summed E-state index contributed by atoms with van der Waals surface area (Å²) in [5, 5.41) is 9.90. The molecule has 0 radical (unpaired) electrons. The first-order valence-electron chi connectivity index (χ1n) is 6.40. The molecule has 2 atom stereocenters. The van der Waals surface area contributed by atoms with E-state index in [1.165, 1.54) is 4.90 Å². The summed E-state index contributed by atoms with van der Waals surface area (Å²) in [4.78, 5) is 13.6. The first-order chi connectivity index (χ1) is 8.99. The van der Waals surface area contributed by atoms with Crippen LogP contribution in [0, 0.1) is 11.6 Å². The number of benzene rings is 1. The standard InChI is InChI=1S/C14H17F2NO2/c1-17(12-4-2-3-5-13(12)18)14(19)9-6-10(15)8-11(16)7-9/h6-8,12-13,18H,2-5H2,1H3. The van der Waals surface area contributed by atoms with Gasteiger partial charge in [-0.2, -0.15) is 0 Å². The topological polar surface area (TPSA) is 40.5 Å². The molecule has 1 N–H and O–H groups in total. The molecule has 0 bridgehead atoms. The van der Waals surface area contributed by atoms with E-state index in [2.05, 4.69) is 0 Å². The van der Waals surface area contributed by atoms with Gasteiger partial charge in [-0.1, -0.05) is 12.8 Å². The van der Waals surface area contributed by atoms with Crippen molar-refractivity contribution < 1.29 is 18.7 Å². The molecule has 0 aliphatic heterocycles. The number of hydrogen-bond acceptors (Lipinski definition) is 2. The van der Waals surface area contributed by atoms with E-state index in [0.29, 0.717) is 12.8 Å². The van der Waals surface area contributed by atoms with Crippen molar-refractivity contribution in [2.75, 3.05) is 7.05 Å². The molecule has 1 amide bonds. The average molecular weight is 269 g/mol. The van der Waals surface area contributed by atoms with Crippen LogP contribution in [0.3, 0.4) is 0 Å². The second-order valence-electron chi connectivity index (χ2n) is 4.99. The van der Waals surface area contributed by atoms with E-state index in [9.17, 15) is 18.7 Å². The van der Waals surface area contributed by atoms with Crippen molar-refractivity contribution in [3.8, 4) is 0 Å². The van der Waals surface area contributed by atoms with Crippen LogP contribution in [0.4, 0.5) is 8.78 Å².